The molecule has 3 fully saturated rings. The van der Waals surface area contributed by atoms with Crippen molar-refractivity contribution in [2.75, 3.05) is 19.8 Å². The van der Waals surface area contributed by atoms with Crippen LogP contribution in [0, 0.1) is 16.7 Å². The number of ether oxygens (including phenoxy) is 1. The van der Waals surface area contributed by atoms with E-state index in [2.05, 4.69) is 29.5 Å². The number of hydrogen-bond donors (Lipinski definition) is 0. The van der Waals surface area contributed by atoms with Gasteiger partial charge in [0.1, 0.15) is 0 Å². The molecule has 2 saturated carbocycles. The van der Waals surface area contributed by atoms with Crippen LogP contribution in [0.3, 0.4) is 0 Å². The number of ketones is 1. The number of fused-ring (bicyclic) bond motifs is 5. The van der Waals surface area contributed by atoms with Crippen LogP contribution < -0.4 is 5.30 Å². The standard InChI is InChI=1S/C33H37F6O5P/c1-20-12-15-42-31(20)14-13-29(2)27-11-6-22-16-23(40)7-10-25(22)28(27)26(17-30(29,31)3)21-4-8-24(9-5-21)45(41,43-18-32(34,35)36)44-19-33(37,38)39/h4-5,8-9,16,26-27H,1,6-7,10-15,17-19H2,2-3H3/t26-,27-,29+,30+,31-/m1/s1. The van der Waals surface area contributed by atoms with Crippen LogP contribution in [-0.2, 0) is 23.1 Å². The molecule has 1 aliphatic heterocycles. The summed E-state index contributed by atoms with van der Waals surface area (Å²) in [5.41, 5.74) is 4.41. The molecule has 0 radical (unpaired) electrons. The first-order chi connectivity index (χ1) is 20.9. The first-order valence-corrected chi connectivity index (χ1v) is 16.9. The van der Waals surface area contributed by atoms with Gasteiger partial charge in [0, 0.05) is 17.8 Å². The van der Waals surface area contributed by atoms with Crippen molar-refractivity contribution in [3.63, 3.8) is 0 Å². The highest BCUT2D eigenvalue weighted by Crippen LogP contribution is 2.75. The minimum Gasteiger partial charge on any atom is -0.370 e. The van der Waals surface area contributed by atoms with Crippen LogP contribution in [0.1, 0.15) is 76.7 Å². The number of halogens is 6. The fraction of sp³-hybridized carbons (Fsp3) is 0.606. The molecule has 5 atom stereocenters. The Bertz CT molecular complexity index is 1490. The number of carbonyl (C=O) groups excluding carboxylic acids is 1. The molecule has 0 amide bonds. The lowest BCUT2D eigenvalue weighted by atomic mass is 9.44. The molecular weight excluding hydrogens is 621 g/mol. The topological polar surface area (TPSA) is 61.8 Å². The number of alkyl halides is 6. The summed E-state index contributed by atoms with van der Waals surface area (Å²) in [6.45, 7) is 5.60. The van der Waals surface area contributed by atoms with Crippen molar-refractivity contribution in [1.82, 2.24) is 0 Å². The van der Waals surface area contributed by atoms with Gasteiger partial charge in [-0.3, -0.25) is 18.4 Å². The van der Waals surface area contributed by atoms with Crippen LogP contribution in [0.4, 0.5) is 26.3 Å². The second kappa shape index (κ2) is 10.9. The molecule has 12 heteroatoms. The smallest absolute Gasteiger partial charge is 0.370 e. The van der Waals surface area contributed by atoms with Crippen LogP contribution >= 0.6 is 7.60 Å². The van der Waals surface area contributed by atoms with Crippen molar-refractivity contribution >= 4 is 18.7 Å². The van der Waals surface area contributed by atoms with Gasteiger partial charge in [0.15, 0.2) is 19.0 Å². The Labute approximate surface area is 258 Å². The maximum Gasteiger partial charge on any atom is 0.412 e. The SMILES string of the molecule is C=C1CCO[C@]12CC[C@@]1(C)[C@@H]3CCC4=CC(=O)CCC4=C3[C@@H](c3ccc(P(=O)(OCC(F)(F)F)OCC(F)(F)F)cc3)C[C@@]12C. The molecule has 246 valence electrons. The Morgan fingerprint density at radius 2 is 1.60 bits per heavy atom. The van der Waals surface area contributed by atoms with E-state index >= 15 is 0 Å². The van der Waals surface area contributed by atoms with Crippen LogP contribution in [0.2, 0.25) is 0 Å². The monoisotopic (exact) mass is 658 g/mol. The van der Waals surface area contributed by atoms with Gasteiger partial charge in [0.05, 0.1) is 17.5 Å². The molecule has 1 saturated heterocycles. The van der Waals surface area contributed by atoms with Crippen molar-refractivity contribution in [3.8, 4) is 0 Å². The Balaban J connectivity index is 1.43. The van der Waals surface area contributed by atoms with Crippen LogP contribution in [-0.4, -0.2) is 43.6 Å². The highest BCUT2D eigenvalue weighted by Gasteiger charge is 2.71. The lowest BCUT2D eigenvalue weighted by Gasteiger charge is -2.60. The molecule has 4 aliphatic carbocycles. The third-order valence-corrected chi connectivity index (χ3v) is 13.3. The molecule has 0 N–H and O–H groups in total. The van der Waals surface area contributed by atoms with Gasteiger partial charge in [-0.05, 0) is 96.8 Å². The molecule has 5 aliphatic rings. The van der Waals surface area contributed by atoms with E-state index in [0.29, 0.717) is 25.9 Å². The zero-order chi connectivity index (χ0) is 32.6. The van der Waals surface area contributed by atoms with Crippen LogP contribution in [0.25, 0.3) is 0 Å². The average Bonchev–Trinajstić information content (AvgIpc) is 3.46. The van der Waals surface area contributed by atoms with Gasteiger partial charge in [-0.25, -0.2) is 0 Å². The van der Waals surface area contributed by atoms with E-state index in [-0.39, 0.29) is 28.4 Å². The third kappa shape index (κ3) is 5.39. The van der Waals surface area contributed by atoms with E-state index in [0.717, 1.165) is 48.8 Å². The zero-order valence-electron chi connectivity index (χ0n) is 25.3. The van der Waals surface area contributed by atoms with Gasteiger partial charge >= 0.3 is 19.9 Å². The van der Waals surface area contributed by atoms with Gasteiger partial charge in [-0.1, -0.05) is 38.1 Å². The largest absolute Gasteiger partial charge is 0.412 e. The second-order valence-electron chi connectivity index (χ2n) is 13.6. The van der Waals surface area contributed by atoms with Gasteiger partial charge in [-0.15, -0.1) is 0 Å². The summed E-state index contributed by atoms with van der Waals surface area (Å²) < 4.78 is 107. The molecule has 5 nitrogen and oxygen atoms in total. The van der Waals surface area contributed by atoms with Crippen LogP contribution in [0.15, 0.2) is 59.2 Å². The van der Waals surface area contributed by atoms with E-state index < -0.39 is 44.1 Å². The van der Waals surface area contributed by atoms with Crippen molar-refractivity contribution < 1.29 is 49.5 Å². The quantitative estimate of drug-likeness (QED) is 0.174. The molecule has 1 aromatic carbocycles. The van der Waals surface area contributed by atoms with Crippen LogP contribution in [0.5, 0.6) is 0 Å². The van der Waals surface area contributed by atoms with E-state index in [4.69, 9.17) is 4.74 Å². The second-order valence-corrected chi connectivity index (χ2v) is 15.6. The molecule has 1 aromatic rings. The van der Waals surface area contributed by atoms with Gasteiger partial charge < -0.3 is 4.74 Å². The normalized spacial score (nSPS) is 33.7. The maximum absolute atomic E-state index is 13.4. The summed E-state index contributed by atoms with van der Waals surface area (Å²) in [7, 11) is -4.99. The Morgan fingerprint density at radius 1 is 0.956 bits per heavy atom. The highest BCUT2D eigenvalue weighted by atomic mass is 31.2. The Morgan fingerprint density at radius 3 is 2.18 bits per heavy atom. The average molecular weight is 659 g/mol. The maximum atomic E-state index is 13.4. The number of carbonyl (C=O) groups is 1. The minimum atomic E-state index is -4.99. The lowest BCUT2D eigenvalue weighted by Crippen LogP contribution is -2.56. The summed E-state index contributed by atoms with van der Waals surface area (Å²) in [6, 6.07) is 5.71. The summed E-state index contributed by atoms with van der Waals surface area (Å²) in [6.07, 6.45) is -2.18. The number of benzene rings is 1. The predicted molar refractivity (Wildman–Crippen MR) is 155 cm³/mol. The zero-order valence-corrected chi connectivity index (χ0v) is 26.2. The van der Waals surface area contributed by atoms with Crippen molar-refractivity contribution in [3.05, 3.63) is 64.8 Å². The first-order valence-electron chi connectivity index (χ1n) is 15.3. The number of allylic oxidation sites excluding steroid dienone is 4. The van der Waals surface area contributed by atoms with Crippen molar-refractivity contribution in [1.29, 1.82) is 0 Å². The molecular formula is C33H37F6O5P. The molecule has 6 rings (SSSR count). The Hall–Kier alpha value is -2.20. The highest BCUT2D eigenvalue weighted by molar-refractivity contribution is 7.62. The van der Waals surface area contributed by atoms with E-state index in [1.54, 1.807) is 18.2 Å². The number of hydrogen-bond acceptors (Lipinski definition) is 5. The van der Waals surface area contributed by atoms with Crippen molar-refractivity contribution in [2.45, 2.75) is 89.1 Å². The molecule has 45 heavy (non-hydrogen) atoms. The lowest BCUT2D eigenvalue weighted by molar-refractivity contribution is -0.164. The fourth-order valence-electron chi connectivity index (χ4n) is 9.16. The van der Waals surface area contributed by atoms with Crippen molar-refractivity contribution in [2.24, 2.45) is 16.7 Å². The summed E-state index contributed by atoms with van der Waals surface area (Å²) in [5.74, 6) is 0.103. The van der Waals surface area contributed by atoms with Gasteiger partial charge in [0.25, 0.3) is 0 Å². The molecule has 0 bridgehead atoms. The van der Waals surface area contributed by atoms with Gasteiger partial charge in [-0.2, -0.15) is 26.3 Å². The minimum absolute atomic E-state index is 0.101. The molecule has 0 aromatic heterocycles. The molecule has 1 heterocycles. The predicted octanol–water partition coefficient (Wildman–Crippen LogP) is 8.67. The van der Waals surface area contributed by atoms with Gasteiger partial charge in [0.2, 0.25) is 0 Å². The summed E-state index contributed by atoms with van der Waals surface area (Å²) in [5, 5.41) is -0.391. The Kier molecular flexibility index (Phi) is 7.95. The number of rotatable bonds is 6. The summed E-state index contributed by atoms with van der Waals surface area (Å²) >= 11 is 0. The van der Waals surface area contributed by atoms with E-state index in [1.807, 2.05) is 0 Å². The van der Waals surface area contributed by atoms with E-state index in [1.165, 1.54) is 23.3 Å². The third-order valence-electron chi connectivity index (χ3n) is 11.4. The molecule has 1 spiro atoms. The first kappa shape index (κ1) is 32.7. The molecule has 0 unspecified atom stereocenters. The van der Waals surface area contributed by atoms with E-state index in [9.17, 15) is 35.7 Å². The summed E-state index contributed by atoms with van der Waals surface area (Å²) in [4.78, 5) is 12.4. The fourth-order valence-corrected chi connectivity index (χ4v) is 10.7.